The molecule has 1 rings (SSSR count). The van der Waals surface area contributed by atoms with Crippen molar-refractivity contribution in [2.24, 2.45) is 5.92 Å². The van der Waals surface area contributed by atoms with Crippen LogP contribution in [0, 0.1) is 21.8 Å². The van der Waals surface area contributed by atoms with Crippen LogP contribution in [0.2, 0.25) is 0 Å². The van der Waals surface area contributed by atoms with E-state index in [0.717, 1.165) is 23.9 Å². The lowest BCUT2D eigenvalue weighted by molar-refractivity contribution is -0.387. The summed E-state index contributed by atoms with van der Waals surface area (Å²) in [7, 11) is 0. The van der Waals surface area contributed by atoms with Crippen LogP contribution in [0.4, 0.5) is 10.1 Å². The van der Waals surface area contributed by atoms with E-state index in [2.05, 4.69) is 0 Å². The van der Waals surface area contributed by atoms with Crippen LogP contribution < -0.4 is 0 Å². The lowest BCUT2D eigenvalue weighted by Crippen LogP contribution is -2.11. The average molecular weight is 259 g/mol. The summed E-state index contributed by atoms with van der Waals surface area (Å²) < 4.78 is 12.8. The Hall–Kier alpha value is -1.63. The molecule has 0 aliphatic carbocycles. The first-order valence-corrected chi connectivity index (χ1v) is 5.70. The summed E-state index contributed by atoms with van der Waals surface area (Å²) in [6.45, 7) is 1.50. The standard InChI is InChI=1S/C10H10FNO4S/c1-6(10(13)14)5-17-9-3-2-7(11)4-8(9)12(15)16/h2-4,6H,5H2,1H3,(H,13,14). The highest BCUT2D eigenvalue weighted by molar-refractivity contribution is 7.99. The maximum Gasteiger partial charge on any atom is 0.307 e. The molecule has 0 spiro atoms. The first kappa shape index (κ1) is 13.4. The fourth-order valence-electron chi connectivity index (χ4n) is 1.04. The number of halogens is 1. The van der Waals surface area contributed by atoms with Crippen molar-refractivity contribution in [2.45, 2.75) is 11.8 Å². The Morgan fingerprint density at radius 3 is 2.82 bits per heavy atom. The van der Waals surface area contributed by atoms with Gasteiger partial charge in [0.2, 0.25) is 0 Å². The highest BCUT2D eigenvalue weighted by atomic mass is 32.2. The van der Waals surface area contributed by atoms with Gasteiger partial charge in [0, 0.05) is 5.75 Å². The zero-order valence-corrected chi connectivity index (χ0v) is 9.74. The minimum absolute atomic E-state index is 0.196. The molecule has 0 saturated carbocycles. The van der Waals surface area contributed by atoms with Gasteiger partial charge in [-0.1, -0.05) is 6.92 Å². The van der Waals surface area contributed by atoms with E-state index in [-0.39, 0.29) is 16.3 Å². The second kappa shape index (κ2) is 5.62. The van der Waals surface area contributed by atoms with E-state index < -0.39 is 22.6 Å². The summed E-state index contributed by atoms with van der Waals surface area (Å²) >= 11 is 1.03. The van der Waals surface area contributed by atoms with E-state index in [1.807, 2.05) is 0 Å². The minimum Gasteiger partial charge on any atom is -0.481 e. The van der Waals surface area contributed by atoms with Gasteiger partial charge in [-0.05, 0) is 12.1 Å². The average Bonchev–Trinajstić information content (AvgIpc) is 2.26. The number of nitro groups is 1. The third-order valence-corrected chi connectivity index (χ3v) is 3.35. The minimum atomic E-state index is -0.970. The van der Waals surface area contributed by atoms with Crippen molar-refractivity contribution >= 4 is 23.4 Å². The van der Waals surface area contributed by atoms with Gasteiger partial charge in [-0.25, -0.2) is 4.39 Å². The number of carboxylic acid groups (broad SMARTS) is 1. The van der Waals surface area contributed by atoms with Crippen LogP contribution in [0.15, 0.2) is 23.1 Å². The van der Waals surface area contributed by atoms with Crippen molar-refractivity contribution in [3.8, 4) is 0 Å². The molecule has 1 unspecified atom stereocenters. The molecule has 5 nitrogen and oxygen atoms in total. The number of carboxylic acids is 1. The highest BCUT2D eigenvalue weighted by Crippen LogP contribution is 2.30. The van der Waals surface area contributed by atoms with E-state index >= 15 is 0 Å². The van der Waals surface area contributed by atoms with Gasteiger partial charge in [0.1, 0.15) is 5.82 Å². The Morgan fingerprint density at radius 2 is 2.29 bits per heavy atom. The molecule has 0 aliphatic rings. The van der Waals surface area contributed by atoms with E-state index in [0.29, 0.717) is 0 Å². The third-order valence-electron chi connectivity index (χ3n) is 2.03. The van der Waals surface area contributed by atoms with Crippen LogP contribution in [-0.4, -0.2) is 21.8 Å². The molecule has 0 radical (unpaired) electrons. The predicted octanol–water partition coefficient (Wildman–Crippen LogP) is 2.55. The summed E-state index contributed by atoms with van der Waals surface area (Å²) in [5.74, 6) is -2.08. The molecule has 7 heteroatoms. The number of hydrogen-bond donors (Lipinski definition) is 1. The number of nitrogens with zero attached hydrogens (tertiary/aromatic N) is 1. The molecule has 1 N–H and O–H groups in total. The summed E-state index contributed by atoms with van der Waals surface area (Å²) in [6.07, 6.45) is 0. The third kappa shape index (κ3) is 3.70. The largest absolute Gasteiger partial charge is 0.481 e. The molecule has 0 aromatic heterocycles. The van der Waals surface area contributed by atoms with E-state index in [4.69, 9.17) is 5.11 Å². The number of aliphatic carboxylic acids is 1. The first-order valence-electron chi connectivity index (χ1n) is 4.71. The number of carbonyl (C=O) groups is 1. The fraction of sp³-hybridized carbons (Fsp3) is 0.300. The van der Waals surface area contributed by atoms with Crippen molar-refractivity contribution in [3.05, 3.63) is 34.1 Å². The number of benzene rings is 1. The maximum atomic E-state index is 12.8. The monoisotopic (exact) mass is 259 g/mol. The van der Waals surface area contributed by atoms with Gasteiger partial charge in [-0.2, -0.15) is 0 Å². The Kier molecular flexibility index (Phi) is 4.45. The lowest BCUT2D eigenvalue weighted by Gasteiger charge is -2.06. The van der Waals surface area contributed by atoms with Gasteiger partial charge >= 0.3 is 5.97 Å². The molecular formula is C10H10FNO4S. The van der Waals surface area contributed by atoms with Crippen LogP contribution in [-0.2, 0) is 4.79 Å². The SMILES string of the molecule is CC(CSc1ccc(F)cc1[N+](=O)[O-])C(=O)O. The molecule has 0 bridgehead atoms. The van der Waals surface area contributed by atoms with Crippen molar-refractivity contribution in [2.75, 3.05) is 5.75 Å². The van der Waals surface area contributed by atoms with Crippen LogP contribution in [0.1, 0.15) is 6.92 Å². The highest BCUT2D eigenvalue weighted by Gasteiger charge is 2.18. The van der Waals surface area contributed by atoms with E-state index in [1.165, 1.54) is 13.0 Å². The zero-order valence-electron chi connectivity index (χ0n) is 8.92. The van der Waals surface area contributed by atoms with Gasteiger partial charge in [0.25, 0.3) is 5.69 Å². The molecular weight excluding hydrogens is 249 g/mol. The smallest absolute Gasteiger partial charge is 0.307 e. The lowest BCUT2D eigenvalue weighted by atomic mass is 10.2. The van der Waals surface area contributed by atoms with Crippen LogP contribution in [0.3, 0.4) is 0 Å². The summed E-state index contributed by atoms with van der Waals surface area (Å²) in [5.41, 5.74) is -0.340. The molecule has 0 saturated heterocycles. The topological polar surface area (TPSA) is 80.4 Å². The second-order valence-corrected chi connectivity index (χ2v) is 4.48. The molecule has 1 aromatic carbocycles. The molecule has 0 fully saturated rings. The van der Waals surface area contributed by atoms with Crippen molar-refractivity contribution in [1.82, 2.24) is 0 Å². The molecule has 1 aromatic rings. The van der Waals surface area contributed by atoms with Gasteiger partial charge < -0.3 is 5.11 Å². The molecule has 92 valence electrons. The fourth-order valence-corrected chi connectivity index (χ4v) is 2.06. The Morgan fingerprint density at radius 1 is 1.65 bits per heavy atom. The van der Waals surface area contributed by atoms with Gasteiger partial charge in [0.05, 0.1) is 21.8 Å². The van der Waals surface area contributed by atoms with Gasteiger partial charge in [-0.3, -0.25) is 14.9 Å². The number of nitro benzene ring substituents is 1. The Bertz CT molecular complexity index is 452. The maximum absolute atomic E-state index is 12.8. The van der Waals surface area contributed by atoms with Crippen molar-refractivity contribution in [1.29, 1.82) is 0 Å². The first-order chi connectivity index (χ1) is 7.91. The molecule has 1 atom stereocenters. The van der Waals surface area contributed by atoms with Crippen LogP contribution >= 0.6 is 11.8 Å². The number of hydrogen-bond acceptors (Lipinski definition) is 4. The van der Waals surface area contributed by atoms with Crippen molar-refractivity contribution in [3.63, 3.8) is 0 Å². The Balaban J connectivity index is 2.84. The molecule has 0 amide bonds. The summed E-state index contributed by atoms with van der Waals surface area (Å²) in [4.78, 5) is 20.8. The van der Waals surface area contributed by atoms with Crippen molar-refractivity contribution < 1.29 is 19.2 Å². The quantitative estimate of drug-likeness (QED) is 0.499. The molecule has 0 aliphatic heterocycles. The van der Waals surface area contributed by atoms with Gasteiger partial charge in [-0.15, -0.1) is 11.8 Å². The van der Waals surface area contributed by atoms with E-state index in [1.54, 1.807) is 0 Å². The van der Waals surface area contributed by atoms with Crippen LogP contribution in [0.5, 0.6) is 0 Å². The number of thioether (sulfide) groups is 1. The normalized spacial score (nSPS) is 12.1. The van der Waals surface area contributed by atoms with E-state index in [9.17, 15) is 19.3 Å². The summed E-state index contributed by atoms with van der Waals surface area (Å²) in [5, 5.41) is 19.3. The second-order valence-electron chi connectivity index (χ2n) is 3.42. The Labute approximate surface area is 101 Å². The predicted molar refractivity (Wildman–Crippen MR) is 60.6 cm³/mol. The van der Waals surface area contributed by atoms with Crippen LogP contribution in [0.25, 0.3) is 0 Å². The molecule has 17 heavy (non-hydrogen) atoms. The summed E-state index contributed by atoms with van der Waals surface area (Å²) in [6, 6.07) is 3.22. The number of rotatable bonds is 5. The zero-order chi connectivity index (χ0) is 13.0. The molecule has 0 heterocycles. The van der Waals surface area contributed by atoms with Gasteiger partial charge in [0.15, 0.2) is 0 Å².